The van der Waals surface area contributed by atoms with Crippen LogP contribution >= 0.6 is 0 Å². The number of nitrogens with zero attached hydrogens (tertiary/aromatic N) is 3. The molecule has 0 saturated carbocycles. The molecule has 1 aliphatic heterocycles. The molecule has 1 aliphatic rings. The first-order chi connectivity index (χ1) is 13.4. The Bertz CT molecular complexity index is 803. The van der Waals surface area contributed by atoms with Gasteiger partial charge in [0.15, 0.2) is 0 Å². The quantitative estimate of drug-likeness (QED) is 0.829. The van der Waals surface area contributed by atoms with E-state index < -0.39 is 0 Å². The van der Waals surface area contributed by atoms with Gasteiger partial charge in [0, 0.05) is 25.3 Å². The topological polar surface area (TPSA) is 78.5 Å². The van der Waals surface area contributed by atoms with Gasteiger partial charge in [0.25, 0.3) is 5.91 Å². The standard InChI is InChI=1S/C21H28N4O3/c1-15(2)10-24-11-18(28-14-17-7-5-4-6-8-17)12-25(13-20(24)26)21(27)19-9-16(3)22-23-19/h4-9,15,18H,10-14H2,1-3H3,(H,22,23). The predicted molar refractivity (Wildman–Crippen MR) is 106 cm³/mol. The van der Waals surface area contributed by atoms with Gasteiger partial charge in [0.05, 0.1) is 12.7 Å². The average molecular weight is 384 g/mol. The van der Waals surface area contributed by atoms with Crippen LogP contribution in [0.15, 0.2) is 36.4 Å². The summed E-state index contributed by atoms with van der Waals surface area (Å²) in [5.41, 5.74) is 2.20. The second-order valence-corrected chi connectivity index (χ2v) is 7.73. The van der Waals surface area contributed by atoms with E-state index >= 15 is 0 Å². The molecule has 1 aromatic heterocycles. The summed E-state index contributed by atoms with van der Waals surface area (Å²) in [5, 5.41) is 6.83. The molecule has 1 saturated heterocycles. The molecule has 2 aromatic rings. The van der Waals surface area contributed by atoms with Gasteiger partial charge in [-0.1, -0.05) is 44.2 Å². The molecule has 1 unspecified atom stereocenters. The molecule has 1 fully saturated rings. The molecule has 3 rings (SSSR count). The van der Waals surface area contributed by atoms with E-state index in [0.29, 0.717) is 37.9 Å². The highest BCUT2D eigenvalue weighted by Gasteiger charge is 2.32. The van der Waals surface area contributed by atoms with Gasteiger partial charge in [-0.25, -0.2) is 0 Å². The minimum absolute atomic E-state index is 0.0443. The van der Waals surface area contributed by atoms with Gasteiger partial charge in [-0.05, 0) is 24.5 Å². The van der Waals surface area contributed by atoms with Crippen molar-refractivity contribution in [2.45, 2.75) is 33.5 Å². The van der Waals surface area contributed by atoms with E-state index in [1.165, 1.54) is 0 Å². The fraction of sp³-hybridized carbons (Fsp3) is 0.476. The van der Waals surface area contributed by atoms with E-state index in [1.54, 1.807) is 11.0 Å². The number of rotatable bonds is 6. The van der Waals surface area contributed by atoms with Crippen molar-refractivity contribution in [3.05, 3.63) is 53.3 Å². The number of amides is 2. The highest BCUT2D eigenvalue weighted by atomic mass is 16.5. The van der Waals surface area contributed by atoms with Crippen molar-refractivity contribution in [3.8, 4) is 0 Å². The molecule has 2 heterocycles. The first kappa shape index (κ1) is 20.1. The Labute approximate surface area is 165 Å². The molecule has 0 bridgehead atoms. The third-order valence-corrected chi connectivity index (χ3v) is 4.65. The Morgan fingerprint density at radius 2 is 2.04 bits per heavy atom. The van der Waals surface area contributed by atoms with Crippen LogP contribution in [0.4, 0.5) is 0 Å². The number of ether oxygens (including phenoxy) is 1. The lowest BCUT2D eigenvalue weighted by molar-refractivity contribution is -0.132. The number of aromatic nitrogens is 2. The molecule has 0 aliphatic carbocycles. The van der Waals surface area contributed by atoms with Crippen LogP contribution in [0.3, 0.4) is 0 Å². The average Bonchev–Trinajstić information content (AvgIpc) is 3.04. The minimum atomic E-state index is -0.255. The maximum atomic E-state index is 12.9. The molecule has 0 radical (unpaired) electrons. The van der Waals surface area contributed by atoms with E-state index in [-0.39, 0.29) is 24.5 Å². The zero-order chi connectivity index (χ0) is 20.1. The van der Waals surface area contributed by atoms with Crippen molar-refractivity contribution < 1.29 is 14.3 Å². The van der Waals surface area contributed by atoms with Gasteiger partial charge in [0.1, 0.15) is 12.2 Å². The van der Waals surface area contributed by atoms with Gasteiger partial charge < -0.3 is 14.5 Å². The number of carbonyl (C=O) groups is 2. The van der Waals surface area contributed by atoms with Gasteiger partial charge in [-0.15, -0.1) is 0 Å². The lowest BCUT2D eigenvalue weighted by Crippen LogP contribution is -2.40. The highest BCUT2D eigenvalue weighted by molar-refractivity contribution is 5.95. The molecule has 7 nitrogen and oxygen atoms in total. The number of carbonyl (C=O) groups excluding carboxylic acids is 2. The first-order valence-corrected chi connectivity index (χ1v) is 9.67. The molecule has 150 valence electrons. The summed E-state index contributed by atoms with van der Waals surface area (Å²) in [5.74, 6) is 0.0347. The normalized spacial score (nSPS) is 17.9. The molecule has 7 heteroatoms. The first-order valence-electron chi connectivity index (χ1n) is 9.67. The SMILES string of the molecule is Cc1cc(C(=O)N2CC(=O)N(CC(C)C)CC(OCc3ccccc3)C2)n[nH]1. The maximum Gasteiger partial charge on any atom is 0.274 e. The fourth-order valence-electron chi connectivity index (χ4n) is 3.33. The Hall–Kier alpha value is -2.67. The van der Waals surface area contributed by atoms with Gasteiger partial charge in [-0.3, -0.25) is 14.7 Å². The molecule has 1 aromatic carbocycles. The van der Waals surface area contributed by atoms with E-state index in [2.05, 4.69) is 24.0 Å². The van der Waals surface area contributed by atoms with Crippen molar-refractivity contribution >= 4 is 11.8 Å². The molecule has 1 atom stereocenters. The van der Waals surface area contributed by atoms with Crippen molar-refractivity contribution in [2.24, 2.45) is 5.92 Å². The van der Waals surface area contributed by atoms with Crippen molar-refractivity contribution in [3.63, 3.8) is 0 Å². The van der Waals surface area contributed by atoms with Gasteiger partial charge in [0.2, 0.25) is 5.91 Å². The molecule has 0 spiro atoms. The molecule has 2 amide bonds. The third-order valence-electron chi connectivity index (χ3n) is 4.65. The zero-order valence-corrected chi connectivity index (χ0v) is 16.7. The number of hydrogen-bond donors (Lipinski definition) is 1. The van der Waals surface area contributed by atoms with Crippen molar-refractivity contribution in [1.29, 1.82) is 0 Å². The summed E-state index contributed by atoms with van der Waals surface area (Å²) < 4.78 is 6.11. The highest BCUT2D eigenvalue weighted by Crippen LogP contribution is 2.15. The van der Waals surface area contributed by atoms with Crippen molar-refractivity contribution in [2.75, 3.05) is 26.2 Å². The Balaban J connectivity index is 1.75. The number of nitrogens with one attached hydrogen (secondary N) is 1. The molecule has 28 heavy (non-hydrogen) atoms. The number of aromatic amines is 1. The summed E-state index contributed by atoms with van der Waals surface area (Å²) in [6, 6.07) is 11.6. The van der Waals surface area contributed by atoms with Crippen LogP contribution in [-0.2, 0) is 16.1 Å². The zero-order valence-electron chi connectivity index (χ0n) is 16.7. The monoisotopic (exact) mass is 384 g/mol. The Morgan fingerprint density at radius 1 is 1.29 bits per heavy atom. The second-order valence-electron chi connectivity index (χ2n) is 7.73. The van der Waals surface area contributed by atoms with Gasteiger partial charge in [-0.2, -0.15) is 5.10 Å². The Kier molecular flexibility index (Phi) is 6.46. The molecular weight excluding hydrogens is 356 g/mol. The lowest BCUT2D eigenvalue weighted by atomic mass is 10.2. The predicted octanol–water partition coefficient (Wildman–Crippen LogP) is 2.24. The summed E-state index contributed by atoms with van der Waals surface area (Å²) in [6.07, 6.45) is -0.255. The summed E-state index contributed by atoms with van der Waals surface area (Å²) in [6.45, 7) is 7.97. The second kappa shape index (κ2) is 9.01. The Morgan fingerprint density at radius 3 is 2.68 bits per heavy atom. The third kappa shape index (κ3) is 5.19. The van der Waals surface area contributed by atoms with Crippen LogP contribution in [0, 0.1) is 12.8 Å². The molecule has 1 N–H and O–H groups in total. The van der Waals surface area contributed by atoms with Gasteiger partial charge >= 0.3 is 0 Å². The van der Waals surface area contributed by atoms with E-state index in [0.717, 1.165) is 11.3 Å². The van der Waals surface area contributed by atoms with E-state index in [1.807, 2.05) is 42.2 Å². The summed E-state index contributed by atoms with van der Waals surface area (Å²) in [7, 11) is 0. The molecular formula is C21H28N4O3. The van der Waals surface area contributed by atoms with Crippen LogP contribution in [-0.4, -0.2) is 64.1 Å². The van der Waals surface area contributed by atoms with Crippen LogP contribution in [0.5, 0.6) is 0 Å². The largest absolute Gasteiger partial charge is 0.370 e. The van der Waals surface area contributed by atoms with Crippen LogP contribution in [0.25, 0.3) is 0 Å². The number of hydrogen-bond acceptors (Lipinski definition) is 4. The van der Waals surface area contributed by atoms with Crippen LogP contribution in [0.1, 0.15) is 35.6 Å². The van der Waals surface area contributed by atoms with E-state index in [4.69, 9.17) is 4.74 Å². The minimum Gasteiger partial charge on any atom is -0.370 e. The number of aryl methyl sites for hydroxylation is 1. The lowest BCUT2D eigenvalue weighted by Gasteiger charge is -2.26. The maximum absolute atomic E-state index is 12.9. The van der Waals surface area contributed by atoms with Crippen LogP contribution in [0.2, 0.25) is 0 Å². The van der Waals surface area contributed by atoms with Crippen molar-refractivity contribution in [1.82, 2.24) is 20.0 Å². The number of benzene rings is 1. The fourth-order valence-corrected chi connectivity index (χ4v) is 3.33. The van der Waals surface area contributed by atoms with Crippen LogP contribution < -0.4 is 0 Å². The smallest absolute Gasteiger partial charge is 0.274 e. The number of H-pyrrole nitrogens is 1. The summed E-state index contributed by atoms with van der Waals surface area (Å²) in [4.78, 5) is 29.0. The summed E-state index contributed by atoms with van der Waals surface area (Å²) >= 11 is 0. The van der Waals surface area contributed by atoms with E-state index in [9.17, 15) is 9.59 Å².